The molecule has 10 rings (SSSR count). The predicted molar refractivity (Wildman–Crippen MR) is 328 cm³/mol. The van der Waals surface area contributed by atoms with Gasteiger partial charge in [-0.15, -0.1) is 0 Å². The number of carbonyl (C=O) groups excluding carboxylic acids is 9. The van der Waals surface area contributed by atoms with Gasteiger partial charge in [-0.3, -0.25) is 9.59 Å². The van der Waals surface area contributed by atoms with E-state index in [2.05, 4.69) is 0 Å². The highest BCUT2D eigenvalue weighted by atomic mass is 16.8. The van der Waals surface area contributed by atoms with Crippen molar-refractivity contribution in [3.05, 3.63) is 251 Å². The van der Waals surface area contributed by atoms with Crippen molar-refractivity contribution in [2.75, 3.05) is 19.8 Å². The predicted octanol–water partition coefficient (Wildman–Crippen LogP) is 6.62. The van der Waals surface area contributed by atoms with Crippen LogP contribution < -0.4 is 0 Å². The summed E-state index contributed by atoms with van der Waals surface area (Å²) in [6, 6.07) is 53.0. The van der Waals surface area contributed by atoms with Crippen LogP contribution in [-0.4, -0.2) is 176 Å². The van der Waals surface area contributed by atoms with Crippen LogP contribution in [0, 0.1) is 0 Å². The Kier molecular flexibility index (Phi) is 23.2. The highest BCUT2D eigenvalue weighted by Crippen LogP contribution is 2.37. The first-order valence-corrected chi connectivity index (χ1v) is 30.2. The van der Waals surface area contributed by atoms with E-state index in [4.69, 9.17) is 66.3 Å². The second-order valence-electron chi connectivity index (χ2n) is 21.8. The summed E-state index contributed by atoms with van der Waals surface area (Å²) in [5.41, 5.74) is 0.0229. The van der Waals surface area contributed by atoms with Gasteiger partial charge in [0.15, 0.2) is 61.6 Å². The fraction of sp³-hybridized carbons (Fsp3) is 0.282. The average molecular weight is 1320 g/mol. The molecule has 3 aliphatic rings. The fourth-order valence-electron chi connectivity index (χ4n) is 10.6. The van der Waals surface area contributed by atoms with Gasteiger partial charge in [-0.2, -0.15) is 0 Å². The molecular formula is C71H64O25. The molecule has 0 spiro atoms. The molecule has 0 aromatic heterocycles. The van der Waals surface area contributed by atoms with Crippen LogP contribution in [0.5, 0.6) is 0 Å². The summed E-state index contributed by atoms with van der Waals surface area (Å²) in [7, 11) is 0. The van der Waals surface area contributed by atoms with E-state index in [0.717, 1.165) is 13.8 Å². The van der Waals surface area contributed by atoms with Gasteiger partial charge in [-0.25, -0.2) is 33.6 Å². The van der Waals surface area contributed by atoms with Gasteiger partial charge in [0, 0.05) is 13.8 Å². The number of benzene rings is 7. The first-order valence-electron chi connectivity index (χ1n) is 30.2. The SMILES string of the molecule is CC(=O)OC1C(O)OC(COC2OC(COC(=O)c3ccccc3)C(O)C(OC(=O)c3ccccc3)C2OC(=O)c2ccccc2)C(OC(C)=O)C1OC1OC(COC(=O)c2ccccc2)C(OC(=O)c2ccccc2)C(OC(=O)c2ccccc2)C1OC(=O)c1ccccc1. The molecule has 15 unspecified atom stereocenters. The van der Waals surface area contributed by atoms with Gasteiger partial charge in [0.1, 0.15) is 43.7 Å². The average Bonchev–Trinajstić information content (AvgIpc) is 0.768. The molecule has 3 heterocycles. The molecule has 2 N–H and O–H groups in total. The number of aliphatic hydroxyl groups excluding tert-OH is 2. The summed E-state index contributed by atoms with van der Waals surface area (Å²) in [6.07, 6.45) is -29.5. The van der Waals surface area contributed by atoms with Crippen molar-refractivity contribution in [2.45, 2.75) is 106 Å². The maximum Gasteiger partial charge on any atom is 0.338 e. The molecule has 7 aromatic carbocycles. The monoisotopic (exact) mass is 1320 g/mol. The summed E-state index contributed by atoms with van der Waals surface area (Å²) in [6.45, 7) is -0.555. The lowest BCUT2D eigenvalue weighted by atomic mass is 9.95. The smallest absolute Gasteiger partial charge is 0.338 e. The Bertz CT molecular complexity index is 3770. The third kappa shape index (κ3) is 17.4. The van der Waals surface area contributed by atoms with E-state index in [9.17, 15) is 53.4 Å². The van der Waals surface area contributed by atoms with E-state index in [0.29, 0.717) is 0 Å². The second-order valence-corrected chi connectivity index (χ2v) is 21.8. The molecule has 3 aliphatic heterocycles. The van der Waals surface area contributed by atoms with E-state index in [1.54, 1.807) is 91.0 Å². The third-order valence-electron chi connectivity index (χ3n) is 15.2. The van der Waals surface area contributed by atoms with Crippen LogP contribution in [0.2, 0.25) is 0 Å². The molecule has 25 heteroatoms. The Morgan fingerprint density at radius 2 is 0.594 bits per heavy atom. The Labute approximate surface area is 548 Å². The Morgan fingerprint density at radius 1 is 0.302 bits per heavy atom. The van der Waals surface area contributed by atoms with E-state index < -0.39 is 166 Å². The summed E-state index contributed by atoms with van der Waals surface area (Å²) >= 11 is 0. The first-order chi connectivity index (χ1) is 46.5. The zero-order chi connectivity index (χ0) is 67.7. The topological polar surface area (TPSA) is 323 Å². The van der Waals surface area contributed by atoms with Crippen LogP contribution in [0.25, 0.3) is 0 Å². The van der Waals surface area contributed by atoms with Crippen molar-refractivity contribution in [3.8, 4) is 0 Å². The number of hydrogen-bond donors (Lipinski definition) is 2. The van der Waals surface area contributed by atoms with Crippen molar-refractivity contribution in [2.24, 2.45) is 0 Å². The molecule has 498 valence electrons. The van der Waals surface area contributed by atoms with E-state index in [1.165, 1.54) is 121 Å². The minimum absolute atomic E-state index is 0.000947. The molecule has 3 saturated heterocycles. The van der Waals surface area contributed by atoms with Crippen LogP contribution in [0.1, 0.15) is 86.4 Å². The van der Waals surface area contributed by atoms with E-state index in [-0.39, 0.29) is 38.9 Å². The van der Waals surface area contributed by atoms with Gasteiger partial charge in [0.25, 0.3) is 0 Å². The highest BCUT2D eigenvalue weighted by Gasteiger charge is 2.59. The number of rotatable bonds is 23. The van der Waals surface area contributed by atoms with Crippen molar-refractivity contribution >= 4 is 53.7 Å². The van der Waals surface area contributed by atoms with Crippen LogP contribution in [0.3, 0.4) is 0 Å². The van der Waals surface area contributed by atoms with E-state index in [1.807, 2.05) is 0 Å². The number of ether oxygens (including phenoxy) is 14. The second kappa shape index (κ2) is 32.6. The standard InChI is InChI=1S/C71H64O25/c1-41(72)86-54-51(40-85-70-60(94-67(80)48-34-20-8-21-35-48)56(92-65(78)46-30-16-6-17-31-46)53(74)50(89-70)38-83-62(75)43-24-10-3-11-25-43)88-69(82)59(87-42(2)73)57(54)96-71-61(95-68(81)49-36-22-9-23-37-49)58(93-66(79)47-32-18-7-19-33-47)55(91-64(77)45-28-14-5-15-29-45)52(90-71)39-84-63(76)44-26-12-4-13-27-44/h3-37,50-61,69-71,74,82H,38-40H2,1-2H3. The minimum atomic E-state index is -2.28. The summed E-state index contributed by atoms with van der Waals surface area (Å²) in [5, 5.41) is 24.2. The maximum atomic E-state index is 14.5. The van der Waals surface area contributed by atoms with Gasteiger partial charge in [0.2, 0.25) is 0 Å². The number of esters is 9. The van der Waals surface area contributed by atoms with Crippen LogP contribution >= 0.6 is 0 Å². The number of carbonyl (C=O) groups is 9. The van der Waals surface area contributed by atoms with Crippen LogP contribution in [0.4, 0.5) is 0 Å². The molecule has 96 heavy (non-hydrogen) atoms. The summed E-state index contributed by atoms with van der Waals surface area (Å²) in [5.74, 6) is -9.14. The van der Waals surface area contributed by atoms with Gasteiger partial charge in [-0.1, -0.05) is 127 Å². The molecule has 25 nitrogen and oxygen atoms in total. The Balaban J connectivity index is 1.05. The third-order valence-corrected chi connectivity index (χ3v) is 15.2. The number of aliphatic hydroxyl groups is 2. The zero-order valence-electron chi connectivity index (χ0n) is 51.3. The summed E-state index contributed by atoms with van der Waals surface area (Å²) < 4.78 is 85.8. The molecule has 7 aromatic rings. The van der Waals surface area contributed by atoms with Gasteiger partial charge < -0.3 is 76.5 Å². The largest absolute Gasteiger partial charge is 0.459 e. The lowest BCUT2D eigenvalue weighted by Gasteiger charge is -2.48. The van der Waals surface area contributed by atoms with Crippen molar-refractivity contribution in [3.63, 3.8) is 0 Å². The first kappa shape index (κ1) is 68.4. The molecular weight excluding hydrogens is 1250 g/mol. The molecule has 0 aliphatic carbocycles. The quantitative estimate of drug-likeness (QED) is 0.0502. The minimum Gasteiger partial charge on any atom is -0.459 e. The molecule has 3 fully saturated rings. The molecule has 0 amide bonds. The highest BCUT2D eigenvalue weighted by molar-refractivity contribution is 5.93. The molecule has 15 atom stereocenters. The Morgan fingerprint density at radius 3 is 0.979 bits per heavy atom. The van der Waals surface area contributed by atoms with Crippen LogP contribution in [0.15, 0.2) is 212 Å². The number of hydrogen-bond acceptors (Lipinski definition) is 25. The maximum absolute atomic E-state index is 14.5. The van der Waals surface area contributed by atoms with Crippen molar-refractivity contribution in [1.29, 1.82) is 0 Å². The lowest BCUT2D eigenvalue weighted by molar-refractivity contribution is -0.361. The zero-order valence-corrected chi connectivity index (χ0v) is 51.3. The van der Waals surface area contributed by atoms with Gasteiger partial charge in [-0.05, 0) is 84.9 Å². The summed E-state index contributed by atoms with van der Waals surface area (Å²) in [4.78, 5) is 125. The van der Waals surface area contributed by atoms with Gasteiger partial charge >= 0.3 is 53.7 Å². The molecule has 0 bridgehead atoms. The molecule has 0 saturated carbocycles. The van der Waals surface area contributed by atoms with Crippen molar-refractivity contribution < 1.29 is 120 Å². The van der Waals surface area contributed by atoms with Crippen molar-refractivity contribution in [1.82, 2.24) is 0 Å². The van der Waals surface area contributed by atoms with Crippen LogP contribution in [-0.2, 0) is 75.9 Å². The normalized spacial score (nSPS) is 25.2. The Hall–Kier alpha value is -10.5. The lowest BCUT2D eigenvalue weighted by Crippen LogP contribution is -2.67. The molecule has 0 radical (unpaired) electrons. The fourth-order valence-corrected chi connectivity index (χ4v) is 10.6. The van der Waals surface area contributed by atoms with E-state index >= 15 is 0 Å². The van der Waals surface area contributed by atoms with Gasteiger partial charge in [0.05, 0.1) is 45.6 Å².